The molecule has 5 heteroatoms. The summed E-state index contributed by atoms with van der Waals surface area (Å²) in [6.45, 7) is 3.75. The third-order valence-electron chi connectivity index (χ3n) is 4.42. The maximum Gasteiger partial charge on any atom is 0.119 e. The van der Waals surface area contributed by atoms with E-state index in [2.05, 4.69) is 26.6 Å². The van der Waals surface area contributed by atoms with E-state index in [4.69, 9.17) is 10.5 Å². The normalized spacial score (nSPS) is 17.6. The fourth-order valence-electron chi connectivity index (χ4n) is 3.22. The van der Waals surface area contributed by atoms with E-state index in [1.165, 1.54) is 17.5 Å². The van der Waals surface area contributed by atoms with Crippen molar-refractivity contribution < 1.29 is 4.74 Å². The Morgan fingerprint density at radius 3 is 2.91 bits per heavy atom. The van der Waals surface area contributed by atoms with Gasteiger partial charge in [0.2, 0.25) is 0 Å². The third-order valence-corrected chi connectivity index (χ3v) is 4.42. The van der Waals surface area contributed by atoms with E-state index in [9.17, 15) is 0 Å². The largest absolute Gasteiger partial charge is 0.497 e. The standard InChI is InChI=1S/C17H24N4O/c1-22-15-5-4-14-12-21(17(11-18)16(14)10-15)8-3-2-7-20-9-6-19-13-20/h4-6,9-10,13,17H,2-3,7-8,11-12,18H2,1H3. The van der Waals surface area contributed by atoms with Gasteiger partial charge >= 0.3 is 0 Å². The monoisotopic (exact) mass is 300 g/mol. The van der Waals surface area contributed by atoms with Crippen molar-refractivity contribution in [3.8, 4) is 5.75 Å². The summed E-state index contributed by atoms with van der Waals surface area (Å²) in [6, 6.07) is 6.66. The smallest absolute Gasteiger partial charge is 0.119 e. The van der Waals surface area contributed by atoms with Gasteiger partial charge in [0.05, 0.1) is 13.4 Å². The molecule has 1 aromatic heterocycles. The highest BCUT2D eigenvalue weighted by atomic mass is 16.5. The number of hydrogen-bond donors (Lipinski definition) is 1. The second kappa shape index (κ2) is 6.94. The average Bonchev–Trinajstić information content (AvgIpc) is 3.17. The summed E-state index contributed by atoms with van der Waals surface area (Å²) >= 11 is 0. The van der Waals surface area contributed by atoms with Crippen molar-refractivity contribution in [1.82, 2.24) is 14.5 Å². The van der Waals surface area contributed by atoms with Crippen LogP contribution in [0.3, 0.4) is 0 Å². The van der Waals surface area contributed by atoms with Gasteiger partial charge in [-0.25, -0.2) is 4.98 Å². The fourth-order valence-corrected chi connectivity index (χ4v) is 3.22. The highest BCUT2D eigenvalue weighted by Crippen LogP contribution is 2.35. The van der Waals surface area contributed by atoms with Crippen LogP contribution in [-0.2, 0) is 13.1 Å². The van der Waals surface area contributed by atoms with Gasteiger partial charge in [0.1, 0.15) is 5.75 Å². The Kier molecular flexibility index (Phi) is 4.75. The van der Waals surface area contributed by atoms with E-state index < -0.39 is 0 Å². The number of imidazole rings is 1. The number of hydrogen-bond acceptors (Lipinski definition) is 4. The molecule has 0 saturated heterocycles. The summed E-state index contributed by atoms with van der Waals surface area (Å²) in [7, 11) is 1.71. The van der Waals surface area contributed by atoms with Crippen molar-refractivity contribution in [2.75, 3.05) is 20.2 Å². The van der Waals surface area contributed by atoms with Crippen LogP contribution in [-0.4, -0.2) is 34.7 Å². The molecule has 0 radical (unpaired) electrons. The molecule has 2 aromatic rings. The number of rotatable bonds is 7. The molecule has 1 atom stereocenters. The van der Waals surface area contributed by atoms with Crippen molar-refractivity contribution in [3.63, 3.8) is 0 Å². The lowest BCUT2D eigenvalue weighted by atomic mass is 10.0. The second-order valence-corrected chi connectivity index (χ2v) is 5.79. The Morgan fingerprint density at radius 2 is 2.18 bits per heavy atom. The first-order chi connectivity index (χ1) is 10.8. The Hall–Kier alpha value is -1.85. The van der Waals surface area contributed by atoms with Gasteiger partial charge in [-0.05, 0) is 42.6 Å². The number of aryl methyl sites for hydroxylation is 1. The van der Waals surface area contributed by atoms with Crippen molar-refractivity contribution in [3.05, 3.63) is 48.0 Å². The summed E-state index contributed by atoms with van der Waals surface area (Å²) in [5, 5.41) is 0. The third kappa shape index (κ3) is 3.15. The lowest BCUT2D eigenvalue weighted by Gasteiger charge is -2.23. The van der Waals surface area contributed by atoms with Crippen LogP contribution in [0.5, 0.6) is 5.75 Å². The van der Waals surface area contributed by atoms with Crippen LogP contribution in [0.25, 0.3) is 0 Å². The predicted molar refractivity (Wildman–Crippen MR) is 86.7 cm³/mol. The van der Waals surface area contributed by atoms with Gasteiger partial charge in [-0.3, -0.25) is 4.90 Å². The molecule has 0 spiro atoms. The first-order valence-electron chi connectivity index (χ1n) is 7.88. The molecule has 1 aliphatic heterocycles. The summed E-state index contributed by atoms with van der Waals surface area (Å²) in [6.07, 6.45) is 8.04. The number of nitrogens with zero attached hydrogens (tertiary/aromatic N) is 3. The van der Waals surface area contributed by atoms with Gasteiger partial charge < -0.3 is 15.0 Å². The molecule has 1 unspecified atom stereocenters. The number of unbranched alkanes of at least 4 members (excludes halogenated alkanes) is 1. The molecule has 22 heavy (non-hydrogen) atoms. The molecule has 1 aliphatic rings. The molecule has 5 nitrogen and oxygen atoms in total. The zero-order valence-corrected chi connectivity index (χ0v) is 13.1. The minimum absolute atomic E-state index is 0.318. The minimum Gasteiger partial charge on any atom is -0.497 e. The predicted octanol–water partition coefficient (Wildman–Crippen LogP) is 2.19. The number of aromatic nitrogens is 2. The highest BCUT2D eigenvalue weighted by Gasteiger charge is 2.28. The van der Waals surface area contributed by atoms with Crippen LogP contribution < -0.4 is 10.5 Å². The number of fused-ring (bicyclic) bond motifs is 1. The number of benzene rings is 1. The minimum atomic E-state index is 0.318. The molecule has 0 saturated carbocycles. The van der Waals surface area contributed by atoms with Gasteiger partial charge in [-0.15, -0.1) is 0 Å². The molecule has 0 amide bonds. The van der Waals surface area contributed by atoms with Crippen molar-refractivity contribution >= 4 is 0 Å². The SMILES string of the molecule is COc1ccc2c(c1)C(CN)N(CCCCn1ccnc1)C2. The molecule has 0 aliphatic carbocycles. The molecule has 0 bridgehead atoms. The Bertz CT molecular complexity index is 597. The maximum absolute atomic E-state index is 6.02. The first kappa shape index (κ1) is 15.1. The lowest BCUT2D eigenvalue weighted by molar-refractivity contribution is 0.214. The molecular weight excluding hydrogens is 276 g/mol. The van der Waals surface area contributed by atoms with Gasteiger partial charge in [-0.1, -0.05) is 6.07 Å². The summed E-state index contributed by atoms with van der Waals surface area (Å²) in [5.74, 6) is 0.916. The van der Waals surface area contributed by atoms with E-state index in [1.807, 2.05) is 24.8 Å². The first-order valence-corrected chi connectivity index (χ1v) is 7.88. The quantitative estimate of drug-likeness (QED) is 0.796. The maximum atomic E-state index is 6.02. The van der Waals surface area contributed by atoms with E-state index in [1.54, 1.807) is 7.11 Å². The van der Waals surface area contributed by atoms with Crippen LogP contribution in [0.1, 0.15) is 30.0 Å². The number of nitrogens with two attached hydrogens (primary N) is 1. The Balaban J connectivity index is 1.56. The zero-order valence-electron chi connectivity index (χ0n) is 13.1. The summed E-state index contributed by atoms with van der Waals surface area (Å²) in [5.41, 5.74) is 8.73. The molecule has 0 fully saturated rings. The second-order valence-electron chi connectivity index (χ2n) is 5.79. The molecule has 118 valence electrons. The van der Waals surface area contributed by atoms with Gasteiger partial charge in [-0.2, -0.15) is 0 Å². The van der Waals surface area contributed by atoms with E-state index in [-0.39, 0.29) is 0 Å². The van der Waals surface area contributed by atoms with Crippen molar-refractivity contribution in [1.29, 1.82) is 0 Å². The topological polar surface area (TPSA) is 56.3 Å². The molecule has 1 aromatic carbocycles. The zero-order chi connectivity index (χ0) is 15.4. The average molecular weight is 300 g/mol. The van der Waals surface area contributed by atoms with Gasteiger partial charge in [0.25, 0.3) is 0 Å². The lowest BCUT2D eigenvalue weighted by Crippen LogP contribution is -2.29. The van der Waals surface area contributed by atoms with Crippen LogP contribution in [0.15, 0.2) is 36.9 Å². The van der Waals surface area contributed by atoms with Crippen molar-refractivity contribution in [2.45, 2.75) is 32.0 Å². The number of methoxy groups -OCH3 is 1. The van der Waals surface area contributed by atoms with Crippen LogP contribution in [0, 0.1) is 0 Å². The summed E-state index contributed by atoms with van der Waals surface area (Å²) in [4.78, 5) is 6.56. The molecular formula is C17H24N4O. The van der Waals surface area contributed by atoms with Crippen LogP contribution in [0.2, 0.25) is 0 Å². The van der Waals surface area contributed by atoms with Crippen molar-refractivity contribution in [2.24, 2.45) is 5.73 Å². The van der Waals surface area contributed by atoms with Crippen LogP contribution in [0.4, 0.5) is 0 Å². The number of ether oxygens (including phenoxy) is 1. The van der Waals surface area contributed by atoms with Gasteiger partial charge in [0, 0.05) is 38.1 Å². The highest BCUT2D eigenvalue weighted by molar-refractivity contribution is 5.40. The van der Waals surface area contributed by atoms with Gasteiger partial charge in [0.15, 0.2) is 0 Å². The van der Waals surface area contributed by atoms with E-state index >= 15 is 0 Å². The Labute approximate surface area is 131 Å². The Morgan fingerprint density at radius 1 is 1.32 bits per heavy atom. The molecule has 3 rings (SSSR count). The van der Waals surface area contributed by atoms with Crippen LogP contribution >= 0.6 is 0 Å². The van der Waals surface area contributed by atoms with E-state index in [0.717, 1.165) is 31.8 Å². The molecule has 2 N–H and O–H groups in total. The van der Waals surface area contributed by atoms with E-state index in [0.29, 0.717) is 12.6 Å². The fraction of sp³-hybridized carbons (Fsp3) is 0.471. The summed E-state index contributed by atoms with van der Waals surface area (Å²) < 4.78 is 7.47. The molecule has 2 heterocycles.